The zero-order valence-corrected chi connectivity index (χ0v) is 10.6. The molecule has 2 heterocycles. The van der Waals surface area contributed by atoms with Crippen LogP contribution in [0.5, 0.6) is 0 Å². The van der Waals surface area contributed by atoms with Gasteiger partial charge in [-0.1, -0.05) is 13.0 Å². The number of hydrogen-bond donors (Lipinski definition) is 2. The Bertz CT molecular complexity index is 345. The highest BCUT2D eigenvalue weighted by Gasteiger charge is 2.32. The van der Waals surface area contributed by atoms with Crippen molar-refractivity contribution in [1.82, 2.24) is 10.3 Å². The molecule has 0 atom stereocenters. The second kappa shape index (κ2) is 6.35. The molecular weight excluding hydrogens is 214 g/mol. The summed E-state index contributed by atoms with van der Waals surface area (Å²) in [7, 11) is 0. The molecule has 0 aromatic carbocycles. The van der Waals surface area contributed by atoms with Crippen molar-refractivity contribution in [3.05, 3.63) is 30.1 Å². The van der Waals surface area contributed by atoms with Crippen LogP contribution >= 0.6 is 0 Å². The Morgan fingerprint density at radius 1 is 1.47 bits per heavy atom. The number of rotatable bonds is 1. The number of amides is 1. The number of carbonyl (C=O) groups is 1. The molecule has 1 saturated heterocycles. The lowest BCUT2D eigenvalue weighted by Crippen LogP contribution is -2.43. The summed E-state index contributed by atoms with van der Waals surface area (Å²) in [6.07, 6.45) is 5.36. The maximum absolute atomic E-state index is 10.9. The molecule has 1 aliphatic heterocycles. The number of hydrogen-bond acceptors (Lipinski definition) is 3. The van der Waals surface area contributed by atoms with Crippen molar-refractivity contribution in [2.24, 2.45) is 11.1 Å². The average molecular weight is 235 g/mol. The highest BCUT2D eigenvalue weighted by Crippen LogP contribution is 2.26. The first kappa shape index (κ1) is 13.6. The Hall–Kier alpha value is -1.42. The molecule has 0 bridgehead atoms. The number of nitrogens with zero attached hydrogens (tertiary/aromatic N) is 1. The summed E-state index contributed by atoms with van der Waals surface area (Å²) >= 11 is 0. The predicted molar refractivity (Wildman–Crippen MR) is 68.4 cm³/mol. The van der Waals surface area contributed by atoms with E-state index >= 15 is 0 Å². The number of nitrogens with two attached hydrogens (primary N) is 1. The van der Waals surface area contributed by atoms with Crippen molar-refractivity contribution in [2.75, 3.05) is 13.1 Å². The summed E-state index contributed by atoms with van der Waals surface area (Å²) in [5, 5.41) is 3.19. The third-order valence-electron chi connectivity index (χ3n) is 3.11. The van der Waals surface area contributed by atoms with E-state index in [2.05, 4.69) is 10.3 Å². The molecule has 0 unspecified atom stereocenters. The van der Waals surface area contributed by atoms with Gasteiger partial charge in [-0.25, -0.2) is 0 Å². The van der Waals surface area contributed by atoms with Crippen molar-refractivity contribution >= 4 is 5.91 Å². The maximum Gasteiger partial charge on any atom is 0.223 e. The van der Waals surface area contributed by atoms with Crippen LogP contribution in [0.15, 0.2) is 24.5 Å². The van der Waals surface area contributed by atoms with Crippen molar-refractivity contribution in [2.45, 2.75) is 26.7 Å². The van der Waals surface area contributed by atoms with Gasteiger partial charge in [0, 0.05) is 17.8 Å². The van der Waals surface area contributed by atoms with Crippen LogP contribution in [0.2, 0.25) is 0 Å². The summed E-state index contributed by atoms with van der Waals surface area (Å²) < 4.78 is 0. The van der Waals surface area contributed by atoms with Crippen LogP contribution in [-0.4, -0.2) is 24.0 Å². The molecule has 3 N–H and O–H groups in total. The Morgan fingerprint density at radius 3 is 2.41 bits per heavy atom. The van der Waals surface area contributed by atoms with Gasteiger partial charge in [0.2, 0.25) is 5.91 Å². The average Bonchev–Trinajstić information content (AvgIpc) is 2.31. The normalized spacial score (nSPS) is 17.8. The predicted octanol–water partition coefficient (Wildman–Crippen LogP) is 1.25. The smallest absolute Gasteiger partial charge is 0.223 e. The monoisotopic (exact) mass is 235 g/mol. The van der Waals surface area contributed by atoms with E-state index in [9.17, 15) is 4.79 Å². The lowest BCUT2D eigenvalue weighted by molar-refractivity contribution is -0.128. The molecule has 1 aromatic rings. The molecule has 1 aromatic heterocycles. The molecule has 94 valence electrons. The number of primary amides is 1. The van der Waals surface area contributed by atoms with E-state index in [1.54, 1.807) is 6.20 Å². The van der Waals surface area contributed by atoms with E-state index in [0.29, 0.717) is 0 Å². The van der Waals surface area contributed by atoms with Crippen LogP contribution in [0.1, 0.15) is 25.3 Å². The Balaban J connectivity index is 0.000000181. The second-order valence-corrected chi connectivity index (χ2v) is 4.71. The fraction of sp³-hybridized carbons (Fsp3) is 0.538. The third-order valence-corrected chi connectivity index (χ3v) is 3.11. The highest BCUT2D eigenvalue weighted by molar-refractivity contribution is 5.80. The molecule has 17 heavy (non-hydrogen) atoms. The fourth-order valence-corrected chi connectivity index (χ4v) is 1.67. The Labute approximate surface area is 103 Å². The van der Waals surface area contributed by atoms with Gasteiger partial charge in [-0.05, 0) is 44.5 Å². The quantitative estimate of drug-likeness (QED) is 0.770. The van der Waals surface area contributed by atoms with Gasteiger partial charge >= 0.3 is 0 Å². The fourth-order valence-electron chi connectivity index (χ4n) is 1.67. The standard InChI is InChI=1S/C7H14N2O.C6H7N/c1-7(6(8)10)2-4-9-5-3-7;1-6-3-2-4-7-5-6/h9H,2-5H2,1H3,(H2,8,10);2-5H,1H3. The minimum atomic E-state index is -0.245. The lowest BCUT2D eigenvalue weighted by Gasteiger charge is -2.30. The number of aromatic nitrogens is 1. The molecule has 0 radical (unpaired) electrons. The summed E-state index contributed by atoms with van der Waals surface area (Å²) in [6, 6.07) is 3.95. The molecule has 2 rings (SSSR count). The van der Waals surface area contributed by atoms with Crippen molar-refractivity contribution in [3.63, 3.8) is 0 Å². The minimum absolute atomic E-state index is 0.158. The van der Waals surface area contributed by atoms with Crippen LogP contribution in [0, 0.1) is 12.3 Å². The first-order valence-corrected chi connectivity index (χ1v) is 5.92. The largest absolute Gasteiger partial charge is 0.369 e. The van der Waals surface area contributed by atoms with Crippen LogP contribution in [-0.2, 0) is 4.79 Å². The van der Waals surface area contributed by atoms with Gasteiger partial charge in [0.1, 0.15) is 0 Å². The number of pyridine rings is 1. The molecule has 1 fully saturated rings. The zero-order valence-electron chi connectivity index (χ0n) is 10.6. The van der Waals surface area contributed by atoms with Crippen molar-refractivity contribution in [3.8, 4) is 0 Å². The molecule has 0 aliphatic carbocycles. The van der Waals surface area contributed by atoms with E-state index in [4.69, 9.17) is 5.73 Å². The molecular formula is C13H21N3O. The second-order valence-electron chi connectivity index (χ2n) is 4.71. The zero-order chi connectivity index (χ0) is 12.7. The first-order valence-electron chi connectivity index (χ1n) is 5.92. The third kappa shape index (κ3) is 4.53. The number of aryl methyl sites for hydroxylation is 1. The number of piperidine rings is 1. The van der Waals surface area contributed by atoms with Crippen molar-refractivity contribution < 1.29 is 4.79 Å². The molecule has 1 amide bonds. The maximum atomic E-state index is 10.9. The Kier molecular flexibility index (Phi) is 5.10. The lowest BCUT2D eigenvalue weighted by atomic mass is 9.80. The molecule has 4 nitrogen and oxygen atoms in total. The van der Waals surface area contributed by atoms with Gasteiger partial charge in [0.05, 0.1) is 0 Å². The summed E-state index contributed by atoms with van der Waals surface area (Å²) in [5.41, 5.74) is 6.20. The van der Waals surface area contributed by atoms with Gasteiger partial charge in [0.25, 0.3) is 0 Å². The van der Waals surface area contributed by atoms with Crippen LogP contribution in [0.3, 0.4) is 0 Å². The van der Waals surface area contributed by atoms with Crippen LogP contribution in [0.25, 0.3) is 0 Å². The molecule has 4 heteroatoms. The van der Waals surface area contributed by atoms with E-state index < -0.39 is 0 Å². The van der Waals surface area contributed by atoms with Gasteiger partial charge in [-0.2, -0.15) is 0 Å². The molecule has 0 saturated carbocycles. The van der Waals surface area contributed by atoms with Gasteiger partial charge < -0.3 is 11.1 Å². The molecule has 1 aliphatic rings. The van der Waals surface area contributed by atoms with Crippen LogP contribution < -0.4 is 11.1 Å². The SMILES string of the molecule is CC1(C(N)=O)CCNCC1.Cc1cccnc1. The minimum Gasteiger partial charge on any atom is -0.369 e. The van der Waals surface area contributed by atoms with Gasteiger partial charge in [-0.15, -0.1) is 0 Å². The topological polar surface area (TPSA) is 68.0 Å². The van der Waals surface area contributed by atoms with Gasteiger partial charge in [0.15, 0.2) is 0 Å². The van der Waals surface area contributed by atoms with E-state index in [1.165, 1.54) is 5.56 Å². The highest BCUT2D eigenvalue weighted by atomic mass is 16.1. The van der Waals surface area contributed by atoms with Gasteiger partial charge in [-0.3, -0.25) is 9.78 Å². The summed E-state index contributed by atoms with van der Waals surface area (Å²) in [4.78, 5) is 14.8. The Morgan fingerprint density at radius 2 is 2.12 bits per heavy atom. The van der Waals surface area contributed by atoms with Crippen molar-refractivity contribution in [1.29, 1.82) is 0 Å². The summed E-state index contributed by atoms with van der Waals surface area (Å²) in [5.74, 6) is -0.158. The van der Waals surface area contributed by atoms with E-state index in [-0.39, 0.29) is 11.3 Å². The number of carbonyl (C=O) groups excluding carboxylic acids is 1. The van der Waals surface area contributed by atoms with E-state index in [1.807, 2.05) is 32.2 Å². The van der Waals surface area contributed by atoms with Crippen LogP contribution in [0.4, 0.5) is 0 Å². The number of nitrogens with one attached hydrogen (secondary N) is 1. The summed E-state index contributed by atoms with van der Waals surface area (Å²) in [6.45, 7) is 5.79. The first-order chi connectivity index (χ1) is 8.04. The van der Waals surface area contributed by atoms with E-state index in [0.717, 1.165) is 25.9 Å². The molecule has 0 spiro atoms.